The van der Waals surface area contributed by atoms with Gasteiger partial charge in [-0.3, -0.25) is 10.1 Å². The van der Waals surface area contributed by atoms with Crippen LogP contribution >= 0.6 is 0 Å². The molecule has 0 bridgehead atoms. The van der Waals surface area contributed by atoms with E-state index < -0.39 is 44.8 Å². The molecule has 3 amide bonds. The number of ether oxygens (including phenoxy) is 1. The van der Waals surface area contributed by atoms with Crippen molar-refractivity contribution >= 4 is 22.0 Å². The summed E-state index contributed by atoms with van der Waals surface area (Å²) >= 11 is 0. The normalized spacial score (nSPS) is 21.9. The lowest BCUT2D eigenvalue weighted by Crippen LogP contribution is -2.62. The lowest BCUT2D eigenvalue weighted by Gasteiger charge is -2.33. The molecule has 4 N–H and O–H groups in total. The summed E-state index contributed by atoms with van der Waals surface area (Å²) in [5.74, 6) is -2.17. The van der Waals surface area contributed by atoms with E-state index in [0.717, 1.165) is 12.4 Å². The number of benzene rings is 1. The number of nitrogens with one attached hydrogen (secondary N) is 2. The van der Waals surface area contributed by atoms with Gasteiger partial charge in [-0.2, -0.15) is 13.2 Å². The third-order valence-corrected chi connectivity index (χ3v) is 6.84. The van der Waals surface area contributed by atoms with E-state index in [4.69, 9.17) is 9.88 Å². The monoisotopic (exact) mass is 485 g/mol. The Morgan fingerprint density at radius 2 is 1.73 bits per heavy atom. The molecule has 10 nitrogen and oxygen atoms in total. The highest BCUT2D eigenvalue weighted by Crippen LogP contribution is 2.45. The molecule has 0 radical (unpaired) electrons. The first kappa shape index (κ1) is 22.9. The molecule has 0 spiro atoms. The molecule has 176 valence electrons. The third-order valence-electron chi connectivity index (χ3n) is 5.51. The summed E-state index contributed by atoms with van der Waals surface area (Å²) in [6.07, 6.45) is -1.94. The number of sulfonamides is 1. The number of primary sulfonamides is 1. The van der Waals surface area contributed by atoms with Gasteiger partial charge in [-0.05, 0) is 42.9 Å². The highest BCUT2D eigenvalue weighted by atomic mass is 32.2. The van der Waals surface area contributed by atoms with E-state index in [2.05, 4.69) is 20.6 Å². The van der Waals surface area contributed by atoms with Crippen LogP contribution in [-0.2, 0) is 27.4 Å². The molecule has 14 heteroatoms. The lowest BCUT2D eigenvalue weighted by molar-refractivity contribution is -0.145. The molecular formula is C19H18F3N5O5S. The van der Waals surface area contributed by atoms with Crippen LogP contribution in [0.4, 0.5) is 18.0 Å². The van der Waals surface area contributed by atoms with Crippen molar-refractivity contribution in [3.8, 4) is 11.5 Å². The molecule has 2 fully saturated rings. The van der Waals surface area contributed by atoms with Crippen LogP contribution in [0.15, 0.2) is 36.7 Å². The Balaban J connectivity index is 1.53. The second-order valence-electron chi connectivity index (χ2n) is 7.82. The van der Waals surface area contributed by atoms with Gasteiger partial charge in [0.05, 0.1) is 12.4 Å². The van der Waals surface area contributed by atoms with Crippen LogP contribution in [0.5, 0.6) is 11.5 Å². The lowest BCUT2D eigenvalue weighted by atomic mass is 9.85. The van der Waals surface area contributed by atoms with Crippen molar-refractivity contribution in [3.63, 3.8) is 0 Å². The van der Waals surface area contributed by atoms with Crippen LogP contribution in [0.3, 0.4) is 0 Å². The zero-order valence-corrected chi connectivity index (χ0v) is 17.6. The molecule has 33 heavy (non-hydrogen) atoms. The predicted octanol–water partition coefficient (Wildman–Crippen LogP) is 1.48. The quantitative estimate of drug-likeness (QED) is 0.502. The van der Waals surface area contributed by atoms with E-state index in [1.807, 2.05) is 0 Å². The van der Waals surface area contributed by atoms with Crippen molar-refractivity contribution in [2.45, 2.75) is 36.2 Å². The summed E-state index contributed by atoms with van der Waals surface area (Å²) in [6, 6.07) is 5.19. The maximum absolute atomic E-state index is 12.6. The zero-order valence-electron chi connectivity index (χ0n) is 16.8. The number of imide groups is 1. The number of halogens is 3. The number of hydrogen-bond donors (Lipinski definition) is 3. The number of rotatable bonds is 7. The Bertz CT molecular complexity index is 1180. The minimum atomic E-state index is -4.67. The SMILES string of the molecule is NS(=O)(=O)C(Cc1ccc(Oc2cnc(C(F)(F)F)nc2)cc1)[C@]1(C2CC2)NC(=O)NC1=O. The number of carbonyl (C=O) groups is 2. The first-order valence-corrected chi connectivity index (χ1v) is 11.3. The van der Waals surface area contributed by atoms with Crippen LogP contribution in [0.2, 0.25) is 0 Å². The van der Waals surface area contributed by atoms with E-state index >= 15 is 0 Å². The minimum absolute atomic E-state index is 0.0313. The fourth-order valence-electron chi connectivity index (χ4n) is 3.89. The topological polar surface area (TPSA) is 153 Å². The number of carbonyl (C=O) groups excluding carboxylic acids is 2. The number of alkyl halides is 3. The van der Waals surface area contributed by atoms with Crippen LogP contribution in [0.25, 0.3) is 0 Å². The molecule has 2 aliphatic rings. The number of aromatic nitrogens is 2. The molecule has 1 aliphatic heterocycles. The van der Waals surface area contributed by atoms with Crippen LogP contribution in [0, 0.1) is 5.92 Å². The van der Waals surface area contributed by atoms with Gasteiger partial charge in [0, 0.05) is 0 Å². The van der Waals surface area contributed by atoms with Gasteiger partial charge < -0.3 is 10.1 Å². The average Bonchev–Trinajstić information content (AvgIpc) is 3.52. The van der Waals surface area contributed by atoms with Gasteiger partial charge in [-0.25, -0.2) is 28.3 Å². The molecular weight excluding hydrogens is 467 g/mol. The van der Waals surface area contributed by atoms with E-state index in [0.29, 0.717) is 18.4 Å². The van der Waals surface area contributed by atoms with E-state index in [-0.39, 0.29) is 23.8 Å². The van der Waals surface area contributed by atoms with E-state index in [1.54, 1.807) is 0 Å². The maximum atomic E-state index is 12.6. The molecule has 4 rings (SSSR count). The smallest absolute Gasteiger partial charge is 0.451 e. The van der Waals surface area contributed by atoms with Crippen molar-refractivity contribution in [2.75, 3.05) is 0 Å². The number of urea groups is 1. The summed E-state index contributed by atoms with van der Waals surface area (Å²) in [5.41, 5.74) is -1.17. The van der Waals surface area contributed by atoms with Gasteiger partial charge >= 0.3 is 12.2 Å². The second-order valence-corrected chi connectivity index (χ2v) is 9.57. The molecule has 1 aromatic heterocycles. The van der Waals surface area contributed by atoms with Gasteiger partial charge in [0.15, 0.2) is 5.75 Å². The molecule has 1 saturated carbocycles. The minimum Gasteiger partial charge on any atom is -0.454 e. The third kappa shape index (κ3) is 4.61. The first-order valence-electron chi connectivity index (χ1n) is 9.71. The highest BCUT2D eigenvalue weighted by Gasteiger charge is 2.63. The fourth-order valence-corrected chi connectivity index (χ4v) is 5.19. The van der Waals surface area contributed by atoms with Gasteiger partial charge in [0.25, 0.3) is 5.91 Å². The van der Waals surface area contributed by atoms with Crippen LogP contribution in [0.1, 0.15) is 24.2 Å². The molecule has 2 heterocycles. The summed E-state index contributed by atoms with van der Waals surface area (Å²) < 4.78 is 68.0. The van der Waals surface area contributed by atoms with Crippen LogP contribution in [-0.4, -0.2) is 41.1 Å². The number of hydrogen-bond acceptors (Lipinski definition) is 7. The Labute approximate surface area is 185 Å². The molecule has 2 aromatic rings. The first-order chi connectivity index (χ1) is 15.4. The maximum Gasteiger partial charge on any atom is 0.451 e. The summed E-state index contributed by atoms with van der Waals surface area (Å²) in [5, 5.41) is 8.65. The van der Waals surface area contributed by atoms with Gasteiger partial charge in [-0.15, -0.1) is 0 Å². The second kappa shape index (κ2) is 7.95. The van der Waals surface area contributed by atoms with Crippen LogP contribution < -0.4 is 20.5 Å². The molecule has 1 aliphatic carbocycles. The standard InChI is InChI=1S/C19H18F3N5O5S/c20-19(21,22)15-24-8-13(9-25-15)32-12-5-1-10(2-6-12)7-14(33(23,30)31)18(11-3-4-11)16(28)26-17(29)27-18/h1-2,5-6,8-9,11,14H,3-4,7H2,(H2,23,30,31)(H2,26,27,28,29)/t14?,18-/m0/s1. The summed E-state index contributed by atoms with van der Waals surface area (Å²) in [7, 11) is -4.26. The van der Waals surface area contributed by atoms with Crippen molar-refractivity contribution in [2.24, 2.45) is 11.1 Å². The highest BCUT2D eigenvalue weighted by molar-refractivity contribution is 7.89. The van der Waals surface area contributed by atoms with Crippen molar-refractivity contribution in [1.82, 2.24) is 20.6 Å². The summed E-state index contributed by atoms with van der Waals surface area (Å²) in [6.45, 7) is 0. The summed E-state index contributed by atoms with van der Waals surface area (Å²) in [4.78, 5) is 30.8. The van der Waals surface area contributed by atoms with Crippen molar-refractivity contribution in [1.29, 1.82) is 0 Å². The number of nitrogens with zero attached hydrogens (tertiary/aromatic N) is 2. The largest absolute Gasteiger partial charge is 0.454 e. The predicted molar refractivity (Wildman–Crippen MR) is 106 cm³/mol. The Kier molecular flexibility index (Phi) is 5.52. The van der Waals surface area contributed by atoms with Crippen molar-refractivity contribution in [3.05, 3.63) is 48.0 Å². The van der Waals surface area contributed by atoms with Gasteiger partial charge in [0.1, 0.15) is 16.5 Å². The fraction of sp³-hybridized carbons (Fsp3) is 0.368. The molecule has 2 atom stereocenters. The van der Waals surface area contributed by atoms with Crippen molar-refractivity contribution < 1.29 is 35.9 Å². The Morgan fingerprint density at radius 1 is 1.12 bits per heavy atom. The molecule has 1 unspecified atom stereocenters. The zero-order chi connectivity index (χ0) is 24.0. The Morgan fingerprint density at radius 3 is 2.18 bits per heavy atom. The molecule has 1 saturated heterocycles. The van der Waals surface area contributed by atoms with E-state index in [9.17, 15) is 31.2 Å². The van der Waals surface area contributed by atoms with Gasteiger partial charge in [0.2, 0.25) is 15.8 Å². The molecule has 1 aromatic carbocycles. The van der Waals surface area contributed by atoms with E-state index in [1.165, 1.54) is 24.3 Å². The number of nitrogens with two attached hydrogens (primary N) is 1. The Hall–Kier alpha value is -3.26. The average molecular weight is 485 g/mol. The number of amides is 3. The van der Waals surface area contributed by atoms with Gasteiger partial charge in [-0.1, -0.05) is 12.1 Å².